The van der Waals surface area contributed by atoms with Gasteiger partial charge in [-0.1, -0.05) is 0 Å². The maximum absolute atomic E-state index is 13.1. The number of aromatic nitrogens is 4. The Morgan fingerprint density at radius 2 is 2.07 bits per heavy atom. The maximum Gasteiger partial charge on any atom is 0.416 e. The second-order valence-corrected chi connectivity index (χ2v) is 6.07. The van der Waals surface area contributed by atoms with Crippen molar-refractivity contribution in [3.8, 4) is 17.0 Å². The Bertz CT molecular complexity index is 1040. The number of hydrogen-bond acceptors (Lipinski definition) is 6. The minimum Gasteiger partial charge on any atom is -0.497 e. The van der Waals surface area contributed by atoms with Crippen molar-refractivity contribution in [2.24, 2.45) is 5.10 Å². The van der Waals surface area contributed by atoms with Crippen LogP contribution in [0.2, 0.25) is 0 Å². The van der Waals surface area contributed by atoms with Crippen LogP contribution in [0.5, 0.6) is 5.75 Å². The van der Waals surface area contributed by atoms with Gasteiger partial charge in [-0.15, -0.1) is 0 Å². The molecule has 0 spiro atoms. The van der Waals surface area contributed by atoms with Gasteiger partial charge in [0.15, 0.2) is 0 Å². The zero-order chi connectivity index (χ0) is 19.7. The molecule has 0 bridgehead atoms. The minimum absolute atomic E-state index is 0.0806. The third kappa shape index (κ3) is 3.53. The SMILES string of the molecule is COc1cc(Nc2nccc(-c3cnn4c3CCC=N4)n2)cc(C(F)(F)F)c1. The molecule has 0 fully saturated rings. The van der Waals surface area contributed by atoms with Gasteiger partial charge in [0.1, 0.15) is 5.75 Å². The first kappa shape index (κ1) is 18.0. The molecule has 1 aromatic carbocycles. The lowest BCUT2D eigenvalue weighted by Gasteiger charge is -2.13. The molecule has 0 radical (unpaired) electrons. The highest BCUT2D eigenvalue weighted by Crippen LogP contribution is 2.35. The van der Waals surface area contributed by atoms with Crippen LogP contribution < -0.4 is 10.1 Å². The van der Waals surface area contributed by atoms with E-state index in [0.717, 1.165) is 36.2 Å². The molecule has 0 atom stereocenters. The Balaban J connectivity index is 1.66. The number of rotatable bonds is 4. The lowest BCUT2D eigenvalue weighted by atomic mass is 10.1. The van der Waals surface area contributed by atoms with E-state index >= 15 is 0 Å². The number of ether oxygens (including phenoxy) is 1. The van der Waals surface area contributed by atoms with E-state index in [9.17, 15) is 13.2 Å². The van der Waals surface area contributed by atoms with E-state index in [4.69, 9.17) is 4.74 Å². The molecule has 1 aliphatic rings. The molecule has 3 aromatic rings. The van der Waals surface area contributed by atoms with Gasteiger partial charge in [0, 0.05) is 29.7 Å². The topological polar surface area (TPSA) is 77.2 Å². The van der Waals surface area contributed by atoms with Crippen molar-refractivity contribution in [2.45, 2.75) is 19.0 Å². The fourth-order valence-corrected chi connectivity index (χ4v) is 2.90. The molecule has 144 valence electrons. The summed E-state index contributed by atoms with van der Waals surface area (Å²) < 4.78 is 44.3. The largest absolute Gasteiger partial charge is 0.497 e. The summed E-state index contributed by atoms with van der Waals surface area (Å²) in [5.41, 5.74) is 1.69. The summed E-state index contributed by atoms with van der Waals surface area (Å²) in [7, 11) is 1.31. The van der Waals surface area contributed by atoms with E-state index in [0.29, 0.717) is 5.69 Å². The van der Waals surface area contributed by atoms with E-state index in [1.54, 1.807) is 23.3 Å². The second kappa shape index (κ2) is 6.95. The molecular weight excluding hydrogens is 373 g/mol. The molecule has 3 heterocycles. The van der Waals surface area contributed by atoms with Crippen LogP contribution in [0.3, 0.4) is 0 Å². The molecule has 0 aliphatic carbocycles. The predicted molar refractivity (Wildman–Crippen MR) is 96.7 cm³/mol. The molecule has 0 unspecified atom stereocenters. The molecule has 1 aliphatic heterocycles. The fraction of sp³-hybridized carbons (Fsp3) is 0.222. The highest BCUT2D eigenvalue weighted by Gasteiger charge is 2.31. The average Bonchev–Trinajstić information content (AvgIpc) is 3.11. The van der Waals surface area contributed by atoms with Crippen molar-refractivity contribution in [3.63, 3.8) is 0 Å². The number of benzene rings is 1. The average molecular weight is 388 g/mol. The normalized spacial score (nSPS) is 13.3. The van der Waals surface area contributed by atoms with Gasteiger partial charge in [-0.2, -0.15) is 28.2 Å². The van der Waals surface area contributed by atoms with Gasteiger partial charge in [-0.3, -0.25) is 0 Å². The standard InChI is InChI=1S/C18H15F3N6O/c1-28-13-8-11(18(19,20)21)7-12(9-13)25-17-22-6-4-15(26-17)14-10-24-27-16(14)3-2-5-23-27/h4-10H,2-3H2,1H3,(H,22,25,26). The Morgan fingerprint density at radius 3 is 2.86 bits per heavy atom. The van der Waals surface area contributed by atoms with Crippen LogP contribution in [0.1, 0.15) is 17.7 Å². The number of nitrogens with zero attached hydrogens (tertiary/aromatic N) is 5. The molecule has 7 nitrogen and oxygen atoms in total. The predicted octanol–water partition coefficient (Wildman–Crippen LogP) is 3.89. The van der Waals surface area contributed by atoms with Crippen molar-refractivity contribution >= 4 is 17.9 Å². The van der Waals surface area contributed by atoms with Crippen molar-refractivity contribution in [1.82, 2.24) is 19.9 Å². The van der Waals surface area contributed by atoms with Crippen LogP contribution in [0.25, 0.3) is 11.3 Å². The highest BCUT2D eigenvalue weighted by atomic mass is 19.4. The van der Waals surface area contributed by atoms with E-state index in [1.165, 1.54) is 19.4 Å². The second-order valence-electron chi connectivity index (χ2n) is 6.07. The first-order valence-corrected chi connectivity index (χ1v) is 8.40. The molecular formula is C18H15F3N6O. The van der Waals surface area contributed by atoms with Crippen LogP contribution in [-0.4, -0.2) is 33.2 Å². The Morgan fingerprint density at radius 1 is 1.21 bits per heavy atom. The number of fused-ring (bicyclic) bond motifs is 1. The maximum atomic E-state index is 13.1. The van der Waals surface area contributed by atoms with Crippen molar-refractivity contribution < 1.29 is 17.9 Å². The third-order valence-electron chi connectivity index (χ3n) is 4.21. The summed E-state index contributed by atoms with van der Waals surface area (Å²) in [5, 5.41) is 11.2. The summed E-state index contributed by atoms with van der Waals surface area (Å²) in [6.07, 6.45) is 2.07. The van der Waals surface area contributed by atoms with Gasteiger partial charge >= 0.3 is 6.18 Å². The van der Waals surface area contributed by atoms with Crippen molar-refractivity contribution in [1.29, 1.82) is 0 Å². The van der Waals surface area contributed by atoms with Gasteiger partial charge in [0.2, 0.25) is 5.95 Å². The smallest absolute Gasteiger partial charge is 0.416 e. The van der Waals surface area contributed by atoms with Crippen LogP contribution in [0, 0.1) is 0 Å². The monoisotopic (exact) mass is 388 g/mol. The van der Waals surface area contributed by atoms with E-state index in [-0.39, 0.29) is 17.4 Å². The first-order valence-electron chi connectivity index (χ1n) is 8.40. The summed E-state index contributed by atoms with van der Waals surface area (Å²) in [5.74, 6) is 0.246. The number of methoxy groups -OCH3 is 1. The Hall–Kier alpha value is -3.43. The van der Waals surface area contributed by atoms with E-state index < -0.39 is 11.7 Å². The van der Waals surface area contributed by atoms with Gasteiger partial charge in [0.05, 0.1) is 30.3 Å². The lowest BCUT2D eigenvalue weighted by molar-refractivity contribution is -0.137. The zero-order valence-electron chi connectivity index (χ0n) is 14.7. The molecule has 4 rings (SSSR count). The quantitative estimate of drug-likeness (QED) is 0.734. The molecule has 28 heavy (non-hydrogen) atoms. The number of halogens is 3. The lowest BCUT2D eigenvalue weighted by Crippen LogP contribution is -2.07. The minimum atomic E-state index is -4.49. The number of nitrogens with one attached hydrogen (secondary N) is 1. The van der Waals surface area contributed by atoms with Crippen LogP contribution in [-0.2, 0) is 12.6 Å². The molecule has 1 N–H and O–H groups in total. The Labute approximate surface area is 157 Å². The van der Waals surface area contributed by atoms with Gasteiger partial charge in [0.25, 0.3) is 0 Å². The number of hydrogen-bond donors (Lipinski definition) is 1. The molecule has 0 saturated heterocycles. The number of anilines is 2. The number of alkyl halides is 3. The molecule has 10 heteroatoms. The highest BCUT2D eigenvalue weighted by molar-refractivity contribution is 5.67. The van der Waals surface area contributed by atoms with Crippen LogP contribution >= 0.6 is 0 Å². The zero-order valence-corrected chi connectivity index (χ0v) is 14.7. The van der Waals surface area contributed by atoms with Gasteiger partial charge in [-0.05, 0) is 31.0 Å². The molecule has 0 amide bonds. The van der Waals surface area contributed by atoms with Crippen molar-refractivity contribution in [2.75, 3.05) is 12.4 Å². The van der Waals surface area contributed by atoms with Crippen LogP contribution in [0.15, 0.2) is 41.8 Å². The summed E-state index contributed by atoms with van der Waals surface area (Å²) in [6.45, 7) is 0. The fourth-order valence-electron chi connectivity index (χ4n) is 2.90. The first-order chi connectivity index (χ1) is 13.4. The summed E-state index contributed by atoms with van der Waals surface area (Å²) >= 11 is 0. The van der Waals surface area contributed by atoms with E-state index in [2.05, 4.69) is 25.5 Å². The molecule has 2 aromatic heterocycles. The third-order valence-corrected chi connectivity index (χ3v) is 4.21. The van der Waals surface area contributed by atoms with Crippen LogP contribution in [0.4, 0.5) is 24.8 Å². The molecule has 0 saturated carbocycles. The summed E-state index contributed by atoms with van der Waals surface area (Å²) in [4.78, 5) is 10.1. The van der Waals surface area contributed by atoms with E-state index in [1.807, 2.05) is 0 Å². The van der Waals surface area contributed by atoms with Gasteiger partial charge in [-0.25, -0.2) is 9.97 Å². The Kier molecular flexibility index (Phi) is 4.46. The van der Waals surface area contributed by atoms with Gasteiger partial charge < -0.3 is 10.1 Å². The summed E-state index contributed by atoms with van der Waals surface area (Å²) in [6, 6.07) is 5.08. The van der Waals surface area contributed by atoms with Crippen molar-refractivity contribution in [3.05, 3.63) is 47.9 Å².